The molecule has 31 heavy (non-hydrogen) atoms. The number of morpholine rings is 1. The summed E-state index contributed by atoms with van der Waals surface area (Å²) in [6.45, 7) is 4.69. The Morgan fingerprint density at radius 3 is 2.84 bits per heavy atom. The molecule has 2 N–H and O–H groups in total. The van der Waals surface area contributed by atoms with Gasteiger partial charge in [0, 0.05) is 13.1 Å². The van der Waals surface area contributed by atoms with Gasteiger partial charge >= 0.3 is 6.09 Å². The number of imide groups is 1. The van der Waals surface area contributed by atoms with Crippen LogP contribution in [0.25, 0.3) is 10.3 Å². The summed E-state index contributed by atoms with van der Waals surface area (Å²) in [4.78, 5) is 47.3. The number of ether oxygens (including phenoxy) is 2. The van der Waals surface area contributed by atoms with Crippen molar-refractivity contribution in [2.75, 3.05) is 43.1 Å². The van der Waals surface area contributed by atoms with E-state index in [1.807, 2.05) is 6.07 Å². The second kappa shape index (κ2) is 9.37. The number of nitrogens with zero attached hydrogens (tertiary/aromatic N) is 3. The molecule has 3 aromatic heterocycles. The van der Waals surface area contributed by atoms with Crippen LogP contribution in [-0.2, 0) is 9.47 Å². The van der Waals surface area contributed by atoms with Gasteiger partial charge in [0.25, 0.3) is 11.8 Å². The number of nitrogens with one attached hydrogen (secondary N) is 2. The first-order valence-electron chi connectivity index (χ1n) is 9.51. The Balaban J connectivity index is 1.48. The Morgan fingerprint density at radius 1 is 1.26 bits per heavy atom. The molecule has 0 aromatic carbocycles. The van der Waals surface area contributed by atoms with E-state index in [-0.39, 0.29) is 17.2 Å². The number of thiazole rings is 1. The second-order valence-electron chi connectivity index (χ2n) is 6.43. The van der Waals surface area contributed by atoms with Gasteiger partial charge in [-0.15, -0.1) is 22.7 Å². The zero-order valence-electron chi connectivity index (χ0n) is 16.5. The molecule has 0 saturated carbocycles. The molecule has 12 heteroatoms. The minimum absolute atomic E-state index is 0.144. The molecule has 0 aliphatic carbocycles. The number of amides is 3. The number of hydrogen-bond acceptors (Lipinski definition) is 10. The van der Waals surface area contributed by atoms with Crippen LogP contribution < -0.4 is 15.5 Å². The molecular weight excluding hydrogens is 442 g/mol. The Hall–Kier alpha value is -3.09. The summed E-state index contributed by atoms with van der Waals surface area (Å²) >= 11 is 2.39. The highest BCUT2D eigenvalue weighted by Crippen LogP contribution is 2.28. The first-order chi connectivity index (χ1) is 15.0. The molecule has 1 aliphatic rings. The van der Waals surface area contributed by atoms with Gasteiger partial charge in [0.05, 0.1) is 42.0 Å². The predicted octanol–water partition coefficient (Wildman–Crippen LogP) is 2.73. The Labute approximate surface area is 185 Å². The molecule has 0 spiro atoms. The minimum atomic E-state index is -0.843. The lowest BCUT2D eigenvalue weighted by atomic mass is 10.3. The summed E-state index contributed by atoms with van der Waals surface area (Å²) in [5.74, 6) is -1.11. The van der Waals surface area contributed by atoms with Crippen LogP contribution in [0.3, 0.4) is 0 Å². The fourth-order valence-electron chi connectivity index (χ4n) is 2.97. The predicted molar refractivity (Wildman–Crippen MR) is 117 cm³/mol. The van der Waals surface area contributed by atoms with Crippen molar-refractivity contribution in [2.24, 2.45) is 0 Å². The van der Waals surface area contributed by atoms with Crippen molar-refractivity contribution in [3.8, 4) is 0 Å². The van der Waals surface area contributed by atoms with Crippen LogP contribution >= 0.6 is 22.7 Å². The quantitative estimate of drug-likeness (QED) is 0.595. The SMILES string of the molecule is CCOC(=O)NC(=O)c1ccsc1NC(=O)c1nc2ncc(N3CCOCC3)cc2s1. The van der Waals surface area contributed by atoms with E-state index in [1.54, 1.807) is 18.5 Å². The number of alkyl carbamates (subject to hydrolysis) is 1. The van der Waals surface area contributed by atoms with Gasteiger partial charge in [-0.05, 0) is 24.4 Å². The average Bonchev–Trinajstić information content (AvgIpc) is 3.40. The number of hydrogen-bond donors (Lipinski definition) is 2. The molecular formula is C19H19N5O5S2. The van der Waals surface area contributed by atoms with E-state index in [0.29, 0.717) is 23.9 Å². The molecule has 0 unspecified atom stereocenters. The van der Waals surface area contributed by atoms with E-state index in [2.05, 4.69) is 25.5 Å². The van der Waals surface area contributed by atoms with E-state index in [4.69, 9.17) is 9.47 Å². The molecule has 1 aliphatic heterocycles. The number of fused-ring (bicyclic) bond motifs is 1. The van der Waals surface area contributed by atoms with Gasteiger partial charge in [0.1, 0.15) is 5.00 Å². The fourth-order valence-corrected chi connectivity index (χ4v) is 4.60. The van der Waals surface area contributed by atoms with Crippen LogP contribution in [-0.4, -0.2) is 60.8 Å². The maximum absolute atomic E-state index is 12.7. The highest BCUT2D eigenvalue weighted by Gasteiger charge is 2.21. The minimum Gasteiger partial charge on any atom is -0.450 e. The summed E-state index contributed by atoms with van der Waals surface area (Å²) < 4.78 is 10.9. The van der Waals surface area contributed by atoms with Gasteiger partial charge < -0.3 is 19.7 Å². The van der Waals surface area contributed by atoms with Gasteiger partial charge in [-0.3, -0.25) is 14.9 Å². The number of carbonyl (C=O) groups excluding carboxylic acids is 3. The van der Waals surface area contributed by atoms with E-state index in [1.165, 1.54) is 28.7 Å². The van der Waals surface area contributed by atoms with Crippen LogP contribution in [0.15, 0.2) is 23.7 Å². The number of anilines is 2. The fraction of sp³-hybridized carbons (Fsp3) is 0.316. The first-order valence-corrected chi connectivity index (χ1v) is 11.2. The molecule has 0 radical (unpaired) electrons. The summed E-state index contributed by atoms with van der Waals surface area (Å²) in [6.07, 6.45) is 0.899. The van der Waals surface area contributed by atoms with E-state index in [0.717, 1.165) is 23.5 Å². The Morgan fingerprint density at radius 2 is 2.06 bits per heavy atom. The Kier molecular flexibility index (Phi) is 6.39. The third-order valence-corrected chi connectivity index (χ3v) is 6.25. The van der Waals surface area contributed by atoms with Crippen LogP contribution in [0, 0.1) is 0 Å². The van der Waals surface area contributed by atoms with Gasteiger partial charge in [-0.1, -0.05) is 0 Å². The summed E-state index contributed by atoms with van der Waals surface area (Å²) in [5, 5.41) is 6.99. The van der Waals surface area contributed by atoms with Crippen molar-refractivity contribution in [3.63, 3.8) is 0 Å². The largest absolute Gasteiger partial charge is 0.450 e. The normalized spacial score (nSPS) is 13.8. The third-order valence-electron chi connectivity index (χ3n) is 4.43. The molecule has 4 rings (SSSR count). The highest BCUT2D eigenvalue weighted by atomic mass is 32.1. The van der Waals surface area contributed by atoms with Crippen molar-refractivity contribution in [1.82, 2.24) is 15.3 Å². The number of carbonyl (C=O) groups is 3. The van der Waals surface area contributed by atoms with E-state index < -0.39 is 17.9 Å². The lowest BCUT2D eigenvalue weighted by Gasteiger charge is -2.28. The summed E-state index contributed by atoms with van der Waals surface area (Å²) in [5.41, 5.74) is 1.61. The average molecular weight is 462 g/mol. The molecule has 0 atom stereocenters. The van der Waals surface area contributed by atoms with Crippen molar-refractivity contribution in [3.05, 3.63) is 34.3 Å². The van der Waals surface area contributed by atoms with Gasteiger partial charge in [0.15, 0.2) is 10.7 Å². The molecule has 1 fully saturated rings. The van der Waals surface area contributed by atoms with Crippen molar-refractivity contribution in [1.29, 1.82) is 0 Å². The van der Waals surface area contributed by atoms with E-state index >= 15 is 0 Å². The van der Waals surface area contributed by atoms with E-state index in [9.17, 15) is 14.4 Å². The lowest BCUT2D eigenvalue weighted by molar-refractivity contribution is 0.0926. The monoisotopic (exact) mass is 461 g/mol. The zero-order chi connectivity index (χ0) is 21.8. The second-order valence-corrected chi connectivity index (χ2v) is 8.37. The third kappa shape index (κ3) is 4.81. The molecule has 162 valence electrons. The van der Waals surface area contributed by atoms with Crippen molar-refractivity contribution in [2.45, 2.75) is 6.92 Å². The topological polar surface area (TPSA) is 123 Å². The zero-order valence-corrected chi connectivity index (χ0v) is 18.2. The van der Waals surface area contributed by atoms with Crippen molar-refractivity contribution < 1.29 is 23.9 Å². The van der Waals surface area contributed by atoms with Crippen LogP contribution in [0.1, 0.15) is 27.1 Å². The maximum Gasteiger partial charge on any atom is 0.414 e. The Bertz CT molecular complexity index is 1120. The van der Waals surface area contributed by atoms with Crippen LogP contribution in [0.5, 0.6) is 0 Å². The van der Waals surface area contributed by atoms with Gasteiger partial charge in [-0.25, -0.2) is 14.8 Å². The molecule has 4 heterocycles. The number of aromatic nitrogens is 2. The summed E-state index contributed by atoms with van der Waals surface area (Å²) in [7, 11) is 0. The molecule has 0 bridgehead atoms. The smallest absolute Gasteiger partial charge is 0.414 e. The van der Waals surface area contributed by atoms with Gasteiger partial charge in [0.2, 0.25) is 0 Å². The highest BCUT2D eigenvalue weighted by molar-refractivity contribution is 7.20. The summed E-state index contributed by atoms with van der Waals surface area (Å²) in [6, 6.07) is 3.48. The van der Waals surface area contributed by atoms with Crippen molar-refractivity contribution >= 4 is 61.6 Å². The maximum atomic E-state index is 12.7. The van der Waals surface area contributed by atoms with Crippen LogP contribution in [0.4, 0.5) is 15.5 Å². The van der Waals surface area contributed by atoms with Crippen LogP contribution in [0.2, 0.25) is 0 Å². The number of thiophene rings is 1. The molecule has 10 nitrogen and oxygen atoms in total. The lowest BCUT2D eigenvalue weighted by Crippen LogP contribution is -2.36. The molecule has 3 amide bonds. The number of pyridine rings is 1. The first kappa shape index (κ1) is 21.2. The number of rotatable bonds is 5. The molecule has 1 saturated heterocycles. The van der Waals surface area contributed by atoms with Gasteiger partial charge in [-0.2, -0.15) is 0 Å². The molecule has 3 aromatic rings. The standard InChI is InChI=1S/C19H19N5O5S2/c1-2-29-19(27)23-15(25)12-3-8-30-17(12)22-16(26)18-21-14-13(31-18)9-11(10-20-14)24-4-6-28-7-5-24/h3,8-10H,2,4-7H2,1H3,(H,22,26)(H,23,25,27).